The number of rotatable bonds is 15. The molecule has 0 amide bonds. The summed E-state index contributed by atoms with van der Waals surface area (Å²) < 4.78 is 88.2. The van der Waals surface area contributed by atoms with E-state index in [1.54, 1.807) is 55.5 Å². The molecule has 3 aromatic heterocycles. The molecule has 0 aliphatic heterocycles. The minimum Gasteiger partial charge on any atom is -0.254 e. The van der Waals surface area contributed by atoms with Crippen LogP contribution in [0.2, 0.25) is 20.5 Å². The van der Waals surface area contributed by atoms with Crippen LogP contribution in [-0.2, 0) is 30.6 Å². The van der Waals surface area contributed by atoms with Crippen LogP contribution in [0, 0.1) is 0 Å². The number of anilines is 3. The van der Waals surface area contributed by atoms with Crippen molar-refractivity contribution >= 4 is 126 Å². The first-order valence-corrected chi connectivity index (χ1v) is 26.5. The third kappa shape index (κ3) is 15.3. The summed E-state index contributed by atoms with van der Waals surface area (Å²) in [6.45, 7) is 1.95. The van der Waals surface area contributed by atoms with Crippen LogP contribution in [-0.4, -0.2) is 73.8 Å². The van der Waals surface area contributed by atoms with Crippen LogP contribution in [0.25, 0.3) is 33.4 Å². The fourth-order valence-corrected chi connectivity index (χ4v) is 9.98. The van der Waals surface area contributed by atoms with Crippen LogP contribution in [0.15, 0.2) is 101 Å². The van der Waals surface area contributed by atoms with E-state index < -0.39 is 30.6 Å². The van der Waals surface area contributed by atoms with E-state index in [-0.39, 0.29) is 51.5 Å². The molecule has 2 aliphatic rings. The molecule has 2 saturated carbocycles. The molecule has 2 fully saturated rings. The number of hydrogen-bond acceptors (Lipinski definition) is 12. The first-order valence-electron chi connectivity index (χ1n) is 19.0. The highest BCUT2D eigenvalue weighted by molar-refractivity contribution is 9.10. The Bertz CT molecular complexity index is 2830. The van der Waals surface area contributed by atoms with Crippen molar-refractivity contribution in [3.63, 3.8) is 0 Å². The number of halogens is 6. The summed E-state index contributed by atoms with van der Waals surface area (Å²) in [5.41, 5.74) is 3.36. The van der Waals surface area contributed by atoms with Crippen LogP contribution in [0.3, 0.4) is 0 Å². The maximum atomic E-state index is 12.1. The van der Waals surface area contributed by atoms with Gasteiger partial charge in [-0.2, -0.15) is 39.4 Å². The Morgan fingerprint density at radius 3 is 1.11 bits per heavy atom. The van der Waals surface area contributed by atoms with Crippen molar-refractivity contribution in [3.05, 3.63) is 121 Å². The minimum atomic E-state index is -3.70. The highest BCUT2D eigenvalue weighted by Crippen LogP contribution is 2.36. The highest BCUT2D eigenvalue weighted by atomic mass is 79.9. The topological polar surface area (TPSA) is 252 Å². The van der Waals surface area contributed by atoms with E-state index in [0.717, 1.165) is 40.2 Å². The lowest BCUT2D eigenvalue weighted by molar-refractivity contribution is 0.584. The summed E-state index contributed by atoms with van der Waals surface area (Å²) >= 11 is 30.9. The van der Waals surface area contributed by atoms with E-state index >= 15 is 0 Å². The fraction of sp³-hybridized carbons (Fsp3) is 0.211. The molecule has 0 atom stereocenters. The van der Waals surface area contributed by atoms with Gasteiger partial charge in [0.15, 0.2) is 17.5 Å². The molecule has 344 valence electrons. The molecule has 2 aliphatic carbocycles. The summed E-state index contributed by atoms with van der Waals surface area (Å²) in [5.74, 6) is 0.393. The molecule has 27 heteroatoms. The van der Waals surface area contributed by atoms with Gasteiger partial charge in [0, 0.05) is 32.6 Å². The quantitative estimate of drug-likeness (QED) is 0.0529. The van der Waals surface area contributed by atoms with Gasteiger partial charge >= 0.3 is 20.4 Å². The first-order chi connectivity index (χ1) is 30.8. The second kappa shape index (κ2) is 22.3. The van der Waals surface area contributed by atoms with E-state index in [4.69, 9.17) is 46.4 Å². The second-order valence-electron chi connectivity index (χ2n) is 13.8. The zero-order chi connectivity index (χ0) is 46.9. The Labute approximate surface area is 412 Å². The maximum absolute atomic E-state index is 12.1. The smallest absolute Gasteiger partial charge is 0.254 e. The Balaban J connectivity index is 0.000000162. The third-order valence-corrected chi connectivity index (χ3v) is 14.1. The van der Waals surface area contributed by atoms with Gasteiger partial charge in [-0.1, -0.05) is 122 Å². The molecule has 0 saturated heterocycles. The molecule has 65 heavy (non-hydrogen) atoms. The minimum absolute atomic E-state index is 0.00550. The van der Waals surface area contributed by atoms with Crippen LogP contribution in [0.4, 0.5) is 17.5 Å². The molecule has 3 aromatic carbocycles. The molecule has 0 spiro atoms. The van der Waals surface area contributed by atoms with Crippen molar-refractivity contribution in [1.82, 2.24) is 44.1 Å². The zero-order valence-corrected chi connectivity index (χ0v) is 42.1. The normalized spacial score (nSPS) is 13.7. The maximum Gasteiger partial charge on any atom is 0.300 e. The van der Waals surface area contributed by atoms with Crippen LogP contribution in [0.1, 0.15) is 32.6 Å². The first kappa shape index (κ1) is 50.6. The van der Waals surface area contributed by atoms with Gasteiger partial charge in [0.05, 0.1) is 16.7 Å². The van der Waals surface area contributed by atoms with Gasteiger partial charge in [-0.05, 0) is 78.8 Å². The average molecular weight is 1150 g/mol. The lowest BCUT2D eigenvalue weighted by Gasteiger charge is -2.13. The van der Waals surface area contributed by atoms with Crippen molar-refractivity contribution in [1.29, 1.82) is 0 Å². The lowest BCUT2D eigenvalue weighted by Crippen LogP contribution is -2.32. The lowest BCUT2D eigenvalue weighted by atomic mass is 10.1. The van der Waals surface area contributed by atoms with Gasteiger partial charge in [-0.25, -0.2) is 29.9 Å². The second-order valence-corrected chi connectivity index (χ2v) is 21.5. The number of hydrogen-bond donors (Lipinski definition) is 6. The van der Waals surface area contributed by atoms with Gasteiger partial charge in [0.25, 0.3) is 10.2 Å². The van der Waals surface area contributed by atoms with Crippen molar-refractivity contribution in [2.75, 3.05) is 20.7 Å². The van der Waals surface area contributed by atoms with Crippen LogP contribution < -0.4 is 28.3 Å². The number of aromatic nitrogens is 6. The van der Waals surface area contributed by atoms with E-state index in [1.807, 2.05) is 24.3 Å². The molecule has 3 heterocycles. The summed E-state index contributed by atoms with van der Waals surface area (Å²) in [4.78, 5) is 23.7. The number of nitrogens with one attached hydrogen (secondary N) is 6. The molecule has 0 unspecified atom stereocenters. The van der Waals surface area contributed by atoms with E-state index in [2.05, 4.69) is 90.1 Å². The van der Waals surface area contributed by atoms with Crippen LogP contribution >= 0.6 is 78.3 Å². The fourth-order valence-electron chi connectivity index (χ4n) is 5.45. The van der Waals surface area contributed by atoms with E-state index in [9.17, 15) is 25.3 Å². The summed E-state index contributed by atoms with van der Waals surface area (Å²) in [7, 11) is -11.1. The van der Waals surface area contributed by atoms with Crippen molar-refractivity contribution < 1.29 is 25.3 Å². The Hall–Kier alpha value is -3.85. The van der Waals surface area contributed by atoms with Gasteiger partial charge in [0.1, 0.15) is 34.4 Å². The molecule has 0 radical (unpaired) electrons. The Morgan fingerprint density at radius 1 is 0.492 bits per heavy atom. The zero-order valence-electron chi connectivity index (χ0n) is 33.5. The molecule has 6 N–H and O–H groups in total. The van der Waals surface area contributed by atoms with Gasteiger partial charge in [-0.3, -0.25) is 14.2 Å². The monoisotopic (exact) mass is 1150 g/mol. The molecular weight excluding hydrogens is 1120 g/mol. The van der Waals surface area contributed by atoms with Crippen LogP contribution in [0.5, 0.6) is 0 Å². The van der Waals surface area contributed by atoms with Crippen molar-refractivity contribution in [3.8, 4) is 33.4 Å². The number of benzene rings is 3. The molecule has 0 bridgehead atoms. The molecular formula is C38H36Br2Cl4N12O6S3. The van der Waals surface area contributed by atoms with Gasteiger partial charge in [0.2, 0.25) is 0 Å². The SMILES string of the molecule is CCNS(=O)(=O)Nc1ncnc(Cl)c1-c1ccc(Br)cc1.O=S(=O)(Nc1ncnc(Cl)c1-c1ccc(Br)cc1)NC1CC1.O=S(=O)(Nc1ncnc(Cl)c1-c1ccc(Cl)cc1)NC1CC1. The van der Waals surface area contributed by atoms with E-state index in [1.165, 1.54) is 19.0 Å². The average Bonchev–Trinajstić information content (AvgIpc) is 4.18. The largest absolute Gasteiger partial charge is 0.300 e. The molecule has 18 nitrogen and oxygen atoms in total. The Kier molecular flexibility index (Phi) is 17.3. The summed E-state index contributed by atoms with van der Waals surface area (Å²) in [5, 5.41) is 1.07. The van der Waals surface area contributed by atoms with Crippen molar-refractivity contribution in [2.45, 2.75) is 44.7 Å². The standard InChI is InChI=1S/C13H12BrClN4O2S.C13H12Cl2N4O2S.C12H12BrClN4O2S/c2*14-9-3-1-8(2-4-9)11-12(15)16-7-17-13(11)19-22(20,21)18-10-5-6-10;1-2-17-21(19,20)18-12-10(11(14)15-7-16-12)8-3-5-9(13)6-4-8/h2*1-4,7,10,18H,5-6H2,(H,16,17,19);3-7,17H,2H2,1H3,(H,15,16,18). The molecule has 8 rings (SSSR count). The predicted octanol–water partition coefficient (Wildman–Crippen LogP) is 8.65. The van der Waals surface area contributed by atoms with Crippen molar-refractivity contribution in [2.24, 2.45) is 0 Å². The molecule has 6 aromatic rings. The van der Waals surface area contributed by atoms with Gasteiger partial charge < -0.3 is 0 Å². The van der Waals surface area contributed by atoms with Gasteiger partial charge in [-0.15, -0.1) is 0 Å². The third-order valence-electron chi connectivity index (χ3n) is 8.63. The van der Waals surface area contributed by atoms with E-state index in [0.29, 0.717) is 32.8 Å². The predicted molar refractivity (Wildman–Crippen MR) is 261 cm³/mol. The summed E-state index contributed by atoms with van der Waals surface area (Å²) in [6.07, 6.45) is 7.02. The number of nitrogens with zero attached hydrogens (tertiary/aromatic N) is 6. The highest BCUT2D eigenvalue weighted by Gasteiger charge is 2.29. The Morgan fingerprint density at radius 2 is 0.800 bits per heavy atom. The summed E-state index contributed by atoms with van der Waals surface area (Å²) in [6, 6.07) is 21.3.